The van der Waals surface area contributed by atoms with Gasteiger partial charge in [0.05, 0.1) is 5.56 Å². The molecule has 0 atom stereocenters. The fraction of sp³-hybridized carbons (Fsp3) is 0.0714. The second kappa shape index (κ2) is 4.87. The van der Waals surface area contributed by atoms with E-state index < -0.39 is 11.7 Å². The number of nitrogen functional groups attached to an aromatic ring is 1. The largest absolute Gasteiger partial charge is 0.399 e. The minimum absolute atomic E-state index is 0.0265. The van der Waals surface area contributed by atoms with Crippen molar-refractivity contribution >= 4 is 17.3 Å². The summed E-state index contributed by atoms with van der Waals surface area (Å²) in [6.07, 6.45) is 0. The standard InChI is InChI=1S/C14H13FN2O/c1-17(11-5-3-2-4-6-11)14(18)12-9-10(16)7-8-13(12)15/h2-9H,16H2,1H3. The van der Waals surface area contributed by atoms with Crippen molar-refractivity contribution < 1.29 is 9.18 Å². The topological polar surface area (TPSA) is 46.3 Å². The van der Waals surface area contributed by atoms with Gasteiger partial charge in [-0.2, -0.15) is 0 Å². The average Bonchev–Trinajstić information content (AvgIpc) is 2.41. The molecular formula is C14H13FN2O. The fourth-order valence-corrected chi connectivity index (χ4v) is 1.66. The van der Waals surface area contributed by atoms with E-state index in [1.807, 2.05) is 18.2 Å². The van der Waals surface area contributed by atoms with Crippen LogP contribution in [0.1, 0.15) is 10.4 Å². The maximum Gasteiger partial charge on any atom is 0.261 e. The van der Waals surface area contributed by atoms with E-state index in [0.29, 0.717) is 11.4 Å². The first-order valence-electron chi connectivity index (χ1n) is 5.47. The van der Waals surface area contributed by atoms with Gasteiger partial charge in [0.15, 0.2) is 0 Å². The molecule has 0 aromatic heterocycles. The Morgan fingerprint density at radius 3 is 2.50 bits per heavy atom. The number of carbonyl (C=O) groups excluding carboxylic acids is 1. The molecule has 2 aromatic rings. The van der Waals surface area contributed by atoms with Gasteiger partial charge >= 0.3 is 0 Å². The van der Waals surface area contributed by atoms with Crippen LogP contribution in [-0.4, -0.2) is 13.0 Å². The second-order valence-electron chi connectivity index (χ2n) is 3.94. The van der Waals surface area contributed by atoms with E-state index >= 15 is 0 Å². The van der Waals surface area contributed by atoms with Crippen molar-refractivity contribution in [1.29, 1.82) is 0 Å². The maximum absolute atomic E-state index is 13.6. The zero-order valence-electron chi connectivity index (χ0n) is 9.93. The lowest BCUT2D eigenvalue weighted by molar-refractivity contribution is 0.0989. The molecule has 0 aliphatic carbocycles. The predicted molar refractivity (Wildman–Crippen MR) is 70.0 cm³/mol. The van der Waals surface area contributed by atoms with Crippen molar-refractivity contribution in [2.45, 2.75) is 0 Å². The third-order valence-corrected chi connectivity index (χ3v) is 2.67. The van der Waals surface area contributed by atoms with E-state index in [4.69, 9.17) is 5.73 Å². The van der Waals surface area contributed by atoms with Crippen LogP contribution in [0.5, 0.6) is 0 Å². The number of benzene rings is 2. The number of amides is 1. The van der Waals surface area contributed by atoms with Gasteiger partial charge in [0.25, 0.3) is 5.91 Å². The van der Waals surface area contributed by atoms with Crippen LogP contribution in [0, 0.1) is 5.82 Å². The Morgan fingerprint density at radius 1 is 1.17 bits per heavy atom. The quantitative estimate of drug-likeness (QED) is 0.825. The number of carbonyl (C=O) groups is 1. The number of hydrogen-bond donors (Lipinski definition) is 1. The van der Waals surface area contributed by atoms with Crippen molar-refractivity contribution in [3.63, 3.8) is 0 Å². The van der Waals surface area contributed by atoms with Crippen molar-refractivity contribution in [1.82, 2.24) is 0 Å². The summed E-state index contributed by atoms with van der Waals surface area (Å²) in [5.74, 6) is -0.997. The number of nitrogens with two attached hydrogens (primary N) is 1. The van der Waals surface area contributed by atoms with Crippen LogP contribution in [-0.2, 0) is 0 Å². The van der Waals surface area contributed by atoms with Gasteiger partial charge in [0.2, 0.25) is 0 Å². The molecule has 0 aliphatic heterocycles. The Hall–Kier alpha value is -2.36. The van der Waals surface area contributed by atoms with Crippen LogP contribution >= 0.6 is 0 Å². The summed E-state index contributed by atoms with van der Waals surface area (Å²) in [4.78, 5) is 13.5. The van der Waals surface area contributed by atoms with E-state index in [-0.39, 0.29) is 5.56 Å². The molecule has 0 bridgehead atoms. The lowest BCUT2D eigenvalue weighted by Gasteiger charge is -2.17. The minimum Gasteiger partial charge on any atom is -0.399 e. The molecule has 0 fully saturated rings. The molecule has 2 aromatic carbocycles. The van der Waals surface area contributed by atoms with Gasteiger partial charge in [0.1, 0.15) is 5.82 Å². The Morgan fingerprint density at radius 2 is 1.83 bits per heavy atom. The molecular weight excluding hydrogens is 231 g/mol. The summed E-state index contributed by atoms with van der Waals surface area (Å²) >= 11 is 0. The monoisotopic (exact) mass is 244 g/mol. The average molecular weight is 244 g/mol. The van der Waals surface area contributed by atoms with Crippen LogP contribution in [0.2, 0.25) is 0 Å². The normalized spacial score (nSPS) is 10.1. The molecule has 0 saturated carbocycles. The van der Waals surface area contributed by atoms with Crippen LogP contribution in [0.15, 0.2) is 48.5 Å². The summed E-state index contributed by atoms with van der Waals surface area (Å²) in [5.41, 5.74) is 6.60. The lowest BCUT2D eigenvalue weighted by atomic mass is 10.1. The van der Waals surface area contributed by atoms with E-state index in [1.165, 1.54) is 23.1 Å². The van der Waals surface area contributed by atoms with Crippen molar-refractivity contribution in [2.24, 2.45) is 0 Å². The summed E-state index contributed by atoms with van der Waals surface area (Å²) in [6.45, 7) is 0. The number of hydrogen-bond acceptors (Lipinski definition) is 2. The zero-order chi connectivity index (χ0) is 13.1. The molecule has 92 valence electrons. The van der Waals surface area contributed by atoms with Crippen LogP contribution in [0.4, 0.5) is 15.8 Å². The van der Waals surface area contributed by atoms with Gasteiger partial charge in [-0.25, -0.2) is 4.39 Å². The number of nitrogens with zero attached hydrogens (tertiary/aromatic N) is 1. The highest BCUT2D eigenvalue weighted by molar-refractivity contribution is 6.06. The van der Waals surface area contributed by atoms with E-state index in [9.17, 15) is 9.18 Å². The fourth-order valence-electron chi connectivity index (χ4n) is 1.66. The van der Waals surface area contributed by atoms with Crippen LogP contribution < -0.4 is 10.6 Å². The van der Waals surface area contributed by atoms with Gasteiger partial charge in [-0.15, -0.1) is 0 Å². The highest BCUT2D eigenvalue weighted by Gasteiger charge is 2.17. The molecule has 18 heavy (non-hydrogen) atoms. The SMILES string of the molecule is CN(C(=O)c1cc(N)ccc1F)c1ccccc1. The van der Waals surface area contributed by atoms with Crippen molar-refractivity contribution in [2.75, 3.05) is 17.7 Å². The van der Waals surface area contributed by atoms with Gasteiger partial charge in [-0.05, 0) is 30.3 Å². The van der Waals surface area contributed by atoms with E-state index in [0.717, 1.165) is 0 Å². The van der Waals surface area contributed by atoms with Crippen molar-refractivity contribution in [3.8, 4) is 0 Å². The molecule has 2 rings (SSSR count). The van der Waals surface area contributed by atoms with Crippen LogP contribution in [0.25, 0.3) is 0 Å². The first-order valence-corrected chi connectivity index (χ1v) is 5.47. The summed E-state index contributed by atoms with van der Waals surface area (Å²) < 4.78 is 13.6. The molecule has 2 N–H and O–H groups in total. The Bertz CT molecular complexity index is 569. The zero-order valence-corrected chi connectivity index (χ0v) is 9.93. The molecule has 0 aliphatic rings. The smallest absolute Gasteiger partial charge is 0.261 e. The Labute approximate surface area is 105 Å². The molecule has 0 unspecified atom stereocenters. The highest BCUT2D eigenvalue weighted by Crippen LogP contribution is 2.18. The van der Waals surface area contributed by atoms with Crippen LogP contribution in [0.3, 0.4) is 0 Å². The van der Waals surface area contributed by atoms with Gasteiger partial charge in [-0.3, -0.25) is 4.79 Å². The third-order valence-electron chi connectivity index (χ3n) is 2.67. The Kier molecular flexibility index (Phi) is 3.28. The first-order chi connectivity index (χ1) is 8.59. The summed E-state index contributed by atoms with van der Waals surface area (Å²) in [7, 11) is 1.60. The molecule has 0 heterocycles. The third kappa shape index (κ3) is 2.32. The van der Waals surface area contributed by atoms with Gasteiger partial charge in [-0.1, -0.05) is 18.2 Å². The highest BCUT2D eigenvalue weighted by atomic mass is 19.1. The predicted octanol–water partition coefficient (Wildman–Crippen LogP) is 2.68. The van der Waals surface area contributed by atoms with Crippen molar-refractivity contribution in [3.05, 3.63) is 59.9 Å². The number of rotatable bonds is 2. The number of halogens is 1. The molecule has 0 spiro atoms. The molecule has 4 heteroatoms. The lowest BCUT2D eigenvalue weighted by Crippen LogP contribution is -2.27. The molecule has 0 radical (unpaired) electrons. The Balaban J connectivity index is 2.34. The number of anilines is 2. The van der Waals surface area contributed by atoms with Gasteiger partial charge < -0.3 is 10.6 Å². The van der Waals surface area contributed by atoms with E-state index in [1.54, 1.807) is 19.2 Å². The molecule has 1 amide bonds. The first kappa shape index (κ1) is 12.1. The maximum atomic E-state index is 13.6. The number of para-hydroxylation sites is 1. The van der Waals surface area contributed by atoms with E-state index in [2.05, 4.69) is 0 Å². The summed E-state index contributed by atoms with van der Waals surface area (Å²) in [5, 5.41) is 0. The molecule has 3 nitrogen and oxygen atoms in total. The molecule has 0 saturated heterocycles. The second-order valence-corrected chi connectivity index (χ2v) is 3.94. The minimum atomic E-state index is -0.572. The van der Waals surface area contributed by atoms with Gasteiger partial charge in [0, 0.05) is 18.4 Å². The summed E-state index contributed by atoms with van der Waals surface area (Å²) in [6, 6.07) is 13.0.